The molecule has 12 nitrogen and oxygen atoms in total. The van der Waals surface area contributed by atoms with Gasteiger partial charge in [-0.15, -0.1) is 0 Å². The monoisotopic (exact) mass is 611 g/mol. The maximum atomic E-state index is 10.6. The van der Waals surface area contributed by atoms with Crippen molar-refractivity contribution in [1.29, 1.82) is 0 Å². The number of benzene rings is 2. The average Bonchev–Trinajstić information content (AvgIpc) is 3.60. The normalized spacial score (nSPS) is 18.5. The Bertz CT molecular complexity index is 1370. The Morgan fingerprint density at radius 2 is 1.55 bits per heavy atom. The van der Waals surface area contributed by atoms with Crippen LogP contribution in [0.25, 0.3) is 11.1 Å². The van der Waals surface area contributed by atoms with Crippen molar-refractivity contribution in [3.05, 3.63) is 87.7 Å². The van der Waals surface area contributed by atoms with E-state index in [4.69, 9.17) is 24.8 Å². The molecule has 1 unspecified atom stereocenters. The number of nitrogens with zero attached hydrogens (tertiary/aromatic N) is 1. The van der Waals surface area contributed by atoms with Crippen LogP contribution < -0.4 is 0 Å². The standard InChI is InChI=1S/C15H12O3.C12H22O3.C5H3NO5/c16-15(17)18-9-14-12-7-3-1-5-10(12)11-6-2-4-8-13(11)14;1-8(2)10-5-4-9(3)6-11(10)15-7-12(13)14;7-5(8)3-1-2-4(11-3)6(9)10/h1-8,14H,9H2,(H,16,17);8-11H,4-7H2,1-3H3,(H,13,14);1-2H,(H,7,8)/t;9-,10+,11?;/m.0./s1. The molecule has 0 bridgehead atoms. The molecule has 0 radical (unpaired) electrons. The lowest BCUT2D eigenvalue weighted by molar-refractivity contribution is -0.402. The summed E-state index contributed by atoms with van der Waals surface area (Å²) in [7, 11) is 0. The predicted octanol–water partition coefficient (Wildman–Crippen LogP) is 6.93. The first-order valence-electron chi connectivity index (χ1n) is 14.2. The van der Waals surface area contributed by atoms with E-state index in [0.717, 1.165) is 29.7 Å². The largest absolute Gasteiger partial charge is 0.505 e. The van der Waals surface area contributed by atoms with Crippen LogP contribution in [0.2, 0.25) is 0 Å². The quantitative estimate of drug-likeness (QED) is 0.136. The number of furan rings is 1. The van der Waals surface area contributed by atoms with Gasteiger partial charge in [0, 0.05) is 5.92 Å². The van der Waals surface area contributed by atoms with Crippen molar-refractivity contribution in [1.82, 2.24) is 0 Å². The van der Waals surface area contributed by atoms with Gasteiger partial charge in [0.2, 0.25) is 5.76 Å². The summed E-state index contributed by atoms with van der Waals surface area (Å²) in [4.78, 5) is 40.3. The fourth-order valence-electron chi connectivity index (χ4n) is 5.62. The minimum absolute atomic E-state index is 0.00787. The molecule has 1 saturated carbocycles. The Balaban J connectivity index is 0.000000186. The zero-order valence-corrected chi connectivity index (χ0v) is 24.8. The molecule has 44 heavy (non-hydrogen) atoms. The molecule has 1 fully saturated rings. The van der Waals surface area contributed by atoms with Crippen LogP contribution in [0.3, 0.4) is 0 Å². The van der Waals surface area contributed by atoms with Crippen molar-refractivity contribution < 1.29 is 48.5 Å². The summed E-state index contributed by atoms with van der Waals surface area (Å²) in [5, 5.41) is 35.5. The number of nitro groups is 1. The summed E-state index contributed by atoms with van der Waals surface area (Å²) in [6.45, 7) is 6.62. The molecule has 3 N–H and O–H groups in total. The number of carboxylic acid groups (broad SMARTS) is 3. The highest BCUT2D eigenvalue weighted by atomic mass is 16.7. The molecule has 1 aromatic heterocycles. The van der Waals surface area contributed by atoms with Crippen LogP contribution in [0.5, 0.6) is 0 Å². The fraction of sp³-hybridized carbons (Fsp3) is 0.406. The van der Waals surface area contributed by atoms with E-state index in [1.807, 2.05) is 36.4 Å². The smallest absolute Gasteiger partial charge is 0.480 e. The third-order valence-electron chi connectivity index (χ3n) is 7.70. The van der Waals surface area contributed by atoms with Crippen LogP contribution in [0.4, 0.5) is 10.7 Å². The number of rotatable bonds is 8. The number of aromatic carboxylic acids is 1. The van der Waals surface area contributed by atoms with Crippen LogP contribution >= 0.6 is 0 Å². The van der Waals surface area contributed by atoms with Crippen molar-refractivity contribution in [3.8, 4) is 11.1 Å². The number of aliphatic carboxylic acids is 1. The Morgan fingerprint density at radius 1 is 0.955 bits per heavy atom. The molecular formula is C32H37NO11. The van der Waals surface area contributed by atoms with Gasteiger partial charge in [0.15, 0.2) is 0 Å². The molecule has 236 valence electrons. The molecule has 0 saturated heterocycles. The van der Waals surface area contributed by atoms with E-state index in [2.05, 4.69) is 37.3 Å². The van der Waals surface area contributed by atoms with Gasteiger partial charge in [-0.05, 0) is 58.9 Å². The first-order valence-corrected chi connectivity index (χ1v) is 14.2. The molecule has 0 amide bonds. The Morgan fingerprint density at radius 3 is 2.00 bits per heavy atom. The number of ether oxygens (including phenoxy) is 2. The third kappa shape index (κ3) is 9.14. The number of hydrogen-bond acceptors (Lipinski definition) is 8. The van der Waals surface area contributed by atoms with E-state index in [-0.39, 0.29) is 25.2 Å². The minimum atomic E-state index is -1.32. The van der Waals surface area contributed by atoms with Gasteiger partial charge in [-0.3, -0.25) is 10.1 Å². The number of carbonyl (C=O) groups is 3. The van der Waals surface area contributed by atoms with Crippen LogP contribution in [0.1, 0.15) is 67.6 Å². The van der Waals surface area contributed by atoms with Crippen LogP contribution in [0, 0.1) is 27.9 Å². The summed E-state index contributed by atoms with van der Waals surface area (Å²) in [5.74, 6) is -1.41. The molecule has 2 aliphatic carbocycles. The van der Waals surface area contributed by atoms with Crippen LogP contribution in [-0.2, 0) is 14.3 Å². The van der Waals surface area contributed by atoms with E-state index in [1.165, 1.54) is 24.0 Å². The van der Waals surface area contributed by atoms with Gasteiger partial charge in [0.1, 0.15) is 18.1 Å². The van der Waals surface area contributed by atoms with Gasteiger partial charge < -0.3 is 29.2 Å². The van der Waals surface area contributed by atoms with Crippen molar-refractivity contribution >= 4 is 24.0 Å². The SMILES string of the molecule is CC(C)[C@H]1CC[C@H](C)CC1OCC(=O)O.O=C(O)OCC1c2ccccc2-c2ccccc21.O=C(O)c1ccc([N+](=O)[O-])o1. The Labute approximate surface area is 254 Å². The third-order valence-corrected chi connectivity index (χ3v) is 7.70. The summed E-state index contributed by atoms with van der Waals surface area (Å²) in [6.07, 6.45) is 2.34. The zero-order valence-electron chi connectivity index (χ0n) is 24.8. The first-order chi connectivity index (χ1) is 20.9. The maximum Gasteiger partial charge on any atom is 0.505 e. The van der Waals surface area contributed by atoms with E-state index < -0.39 is 34.7 Å². The lowest BCUT2D eigenvalue weighted by Gasteiger charge is -2.36. The Kier molecular flexibility index (Phi) is 12.0. The van der Waals surface area contributed by atoms with Crippen molar-refractivity contribution in [2.45, 2.75) is 52.1 Å². The molecule has 0 aliphatic heterocycles. The Hall–Kier alpha value is -4.71. The molecule has 1 heterocycles. The van der Waals surface area contributed by atoms with Gasteiger partial charge in [0.05, 0.1) is 12.2 Å². The number of carboxylic acids is 2. The van der Waals surface area contributed by atoms with Crippen molar-refractivity contribution in [2.75, 3.05) is 13.2 Å². The van der Waals surface area contributed by atoms with E-state index >= 15 is 0 Å². The summed E-state index contributed by atoms with van der Waals surface area (Å²) in [5.41, 5.74) is 4.62. The lowest BCUT2D eigenvalue weighted by atomic mass is 9.75. The summed E-state index contributed by atoms with van der Waals surface area (Å²) >= 11 is 0. The van der Waals surface area contributed by atoms with Gasteiger partial charge in [-0.25, -0.2) is 14.4 Å². The highest BCUT2D eigenvalue weighted by Gasteiger charge is 2.32. The van der Waals surface area contributed by atoms with Crippen LogP contribution in [0.15, 0.2) is 65.1 Å². The lowest BCUT2D eigenvalue weighted by Crippen LogP contribution is -2.35. The summed E-state index contributed by atoms with van der Waals surface area (Å²) < 4.78 is 14.6. The zero-order chi connectivity index (χ0) is 32.4. The number of fused-ring (bicyclic) bond motifs is 3. The molecule has 2 aromatic carbocycles. The van der Waals surface area contributed by atoms with Gasteiger partial charge in [0.25, 0.3) is 0 Å². The molecule has 5 rings (SSSR count). The van der Waals surface area contributed by atoms with Gasteiger partial charge >= 0.3 is 24.0 Å². The maximum absolute atomic E-state index is 10.6. The minimum Gasteiger partial charge on any atom is -0.480 e. The summed E-state index contributed by atoms with van der Waals surface area (Å²) in [6, 6.07) is 18.1. The number of hydrogen-bond donors (Lipinski definition) is 3. The molecule has 12 heteroatoms. The van der Waals surface area contributed by atoms with E-state index in [9.17, 15) is 24.5 Å². The van der Waals surface area contributed by atoms with Crippen LogP contribution in [-0.4, -0.2) is 57.7 Å². The second-order valence-corrected chi connectivity index (χ2v) is 11.1. The highest BCUT2D eigenvalue weighted by molar-refractivity contribution is 5.84. The highest BCUT2D eigenvalue weighted by Crippen LogP contribution is 2.44. The molecule has 3 atom stereocenters. The molecule has 0 spiro atoms. The van der Waals surface area contributed by atoms with Gasteiger partial charge in [-0.2, -0.15) is 0 Å². The second-order valence-electron chi connectivity index (χ2n) is 11.1. The van der Waals surface area contributed by atoms with Gasteiger partial charge in [-0.1, -0.05) is 75.7 Å². The van der Waals surface area contributed by atoms with Crippen molar-refractivity contribution in [2.24, 2.45) is 17.8 Å². The second kappa shape index (κ2) is 15.7. The van der Waals surface area contributed by atoms with E-state index in [1.54, 1.807) is 0 Å². The molecule has 3 aromatic rings. The first kappa shape index (κ1) is 33.8. The average molecular weight is 612 g/mol. The molecular weight excluding hydrogens is 574 g/mol. The van der Waals surface area contributed by atoms with E-state index in [0.29, 0.717) is 17.8 Å². The topological polar surface area (TPSA) is 187 Å². The molecule has 2 aliphatic rings. The fourth-order valence-corrected chi connectivity index (χ4v) is 5.62. The predicted molar refractivity (Wildman–Crippen MR) is 159 cm³/mol. The van der Waals surface area contributed by atoms with Crippen molar-refractivity contribution in [3.63, 3.8) is 0 Å².